The number of nitrogens with zero attached hydrogens (tertiary/aromatic N) is 2. The molecule has 0 rings (SSSR count). The second-order valence-corrected chi connectivity index (χ2v) is 2.82. The summed E-state index contributed by atoms with van der Waals surface area (Å²) < 4.78 is 0. The fourth-order valence-electron chi connectivity index (χ4n) is 0.923. The van der Waals surface area contributed by atoms with Crippen molar-refractivity contribution in [1.82, 2.24) is 9.80 Å². The van der Waals surface area contributed by atoms with E-state index in [4.69, 9.17) is 20.4 Å². The zero-order valence-corrected chi connectivity index (χ0v) is 8.40. The minimum Gasteiger partial charge on any atom is -0.465 e. The summed E-state index contributed by atoms with van der Waals surface area (Å²) in [5.41, 5.74) is 0. The third-order valence-electron chi connectivity index (χ3n) is 1.72. The molecule has 0 spiro atoms. The highest BCUT2D eigenvalue weighted by atomic mass is 16.4. The van der Waals surface area contributed by atoms with E-state index in [0.29, 0.717) is 4.90 Å². The third kappa shape index (κ3) is 4.00. The first-order chi connectivity index (χ1) is 7.27. The summed E-state index contributed by atoms with van der Waals surface area (Å²) in [6, 6.07) is 0. The number of aliphatic hydroxyl groups is 1. The van der Waals surface area contributed by atoms with Gasteiger partial charge in [0.1, 0.15) is 6.23 Å². The van der Waals surface area contributed by atoms with E-state index in [1.54, 1.807) is 0 Å². The first kappa shape index (κ1) is 14.0. The molecule has 4 N–H and O–H groups in total. The molecule has 9 nitrogen and oxygen atoms in total. The molecular weight excluding hydrogens is 224 g/mol. The lowest BCUT2D eigenvalue weighted by Crippen LogP contribution is -2.45. The van der Waals surface area contributed by atoms with Gasteiger partial charge in [-0.3, -0.25) is 4.90 Å². The molecule has 0 radical (unpaired) electrons. The van der Waals surface area contributed by atoms with Crippen molar-refractivity contribution < 1.29 is 34.8 Å². The Kier molecular flexibility index (Phi) is 5.02. The van der Waals surface area contributed by atoms with Crippen molar-refractivity contribution in [2.45, 2.75) is 13.2 Å². The Morgan fingerprint density at radius 2 is 1.44 bits per heavy atom. The zero-order valence-electron chi connectivity index (χ0n) is 8.40. The largest absolute Gasteiger partial charge is 0.465 e. The predicted molar refractivity (Wildman–Crippen MR) is 49.2 cm³/mol. The van der Waals surface area contributed by atoms with Crippen LogP contribution in [-0.4, -0.2) is 67.8 Å². The number of hydrogen-bond acceptors (Lipinski definition) is 4. The van der Waals surface area contributed by atoms with Gasteiger partial charge in [0.25, 0.3) is 0 Å². The molecule has 0 saturated heterocycles. The van der Waals surface area contributed by atoms with Gasteiger partial charge >= 0.3 is 18.3 Å². The molecule has 0 aromatic heterocycles. The van der Waals surface area contributed by atoms with Crippen LogP contribution >= 0.6 is 0 Å². The lowest BCUT2D eigenvalue weighted by molar-refractivity contribution is 0.0202. The van der Waals surface area contributed by atoms with Gasteiger partial charge in [0.15, 0.2) is 0 Å². The molecule has 0 aliphatic carbocycles. The lowest BCUT2D eigenvalue weighted by atomic mass is 10.4. The number of imide groups is 1. The van der Waals surface area contributed by atoms with Crippen LogP contribution in [0.15, 0.2) is 0 Å². The molecule has 0 aliphatic rings. The quantitative estimate of drug-likeness (QED) is 0.502. The van der Waals surface area contributed by atoms with Crippen LogP contribution in [0.3, 0.4) is 0 Å². The summed E-state index contributed by atoms with van der Waals surface area (Å²) in [5.74, 6) is 0. The Hall–Kier alpha value is -2.03. The minimum atomic E-state index is -1.71. The normalized spacial score (nSPS) is 11.6. The summed E-state index contributed by atoms with van der Waals surface area (Å²) in [6.45, 7) is 0.160. The van der Waals surface area contributed by atoms with E-state index in [2.05, 4.69) is 0 Å². The van der Waals surface area contributed by atoms with Gasteiger partial charge in [0.2, 0.25) is 0 Å². The lowest BCUT2D eigenvalue weighted by Gasteiger charge is -2.23. The van der Waals surface area contributed by atoms with Gasteiger partial charge in [0.05, 0.1) is 6.54 Å². The molecular formula is C7H12N2O7. The van der Waals surface area contributed by atoms with Crippen molar-refractivity contribution in [3.63, 3.8) is 0 Å². The molecule has 16 heavy (non-hydrogen) atoms. The maximum Gasteiger partial charge on any atom is 0.416 e. The maximum absolute atomic E-state index is 10.5. The number of aliphatic hydroxyl groups excluding tert-OH is 1. The Bertz CT molecular complexity index is 276. The van der Waals surface area contributed by atoms with Crippen molar-refractivity contribution in [2.75, 3.05) is 13.1 Å². The van der Waals surface area contributed by atoms with E-state index >= 15 is 0 Å². The minimum absolute atomic E-state index is 0.0261. The van der Waals surface area contributed by atoms with Gasteiger partial charge < -0.3 is 20.4 Å². The SMILES string of the molecule is CC(O)N(CCN(C(=O)O)C(=O)O)C(=O)O. The highest BCUT2D eigenvalue weighted by molar-refractivity contribution is 5.85. The van der Waals surface area contributed by atoms with Crippen LogP contribution in [0.5, 0.6) is 0 Å². The average Bonchev–Trinajstić information content (AvgIpc) is 2.09. The molecule has 92 valence electrons. The van der Waals surface area contributed by atoms with Crippen molar-refractivity contribution >= 4 is 18.3 Å². The Labute approximate surface area is 90.1 Å². The number of hydrogen-bond donors (Lipinski definition) is 4. The summed E-state index contributed by atoms with van der Waals surface area (Å²) in [7, 11) is 0. The molecule has 0 aromatic carbocycles. The van der Waals surface area contributed by atoms with Gasteiger partial charge in [0, 0.05) is 6.54 Å². The molecule has 1 unspecified atom stereocenters. The van der Waals surface area contributed by atoms with E-state index < -0.39 is 37.6 Å². The van der Waals surface area contributed by atoms with Crippen LogP contribution in [-0.2, 0) is 0 Å². The summed E-state index contributed by atoms with van der Waals surface area (Å²) in [5, 5.41) is 34.5. The fourth-order valence-corrected chi connectivity index (χ4v) is 0.923. The fraction of sp³-hybridized carbons (Fsp3) is 0.571. The standard InChI is InChI=1S/C7H12N2O7/c1-4(10)8(5(11)12)2-3-9(6(13)14)7(15)16/h4,10H,2-3H2,1H3,(H,11,12)(H,13,14)(H,15,16). The van der Waals surface area contributed by atoms with Crippen molar-refractivity contribution in [1.29, 1.82) is 0 Å². The van der Waals surface area contributed by atoms with Gasteiger partial charge in [-0.2, -0.15) is 0 Å². The molecule has 3 amide bonds. The van der Waals surface area contributed by atoms with E-state index in [-0.39, 0.29) is 4.90 Å². The summed E-state index contributed by atoms with van der Waals surface area (Å²) in [4.78, 5) is 31.9. The third-order valence-corrected chi connectivity index (χ3v) is 1.72. The smallest absolute Gasteiger partial charge is 0.416 e. The molecule has 0 aliphatic heterocycles. The van der Waals surface area contributed by atoms with Crippen LogP contribution in [0.4, 0.5) is 14.4 Å². The molecule has 1 atom stereocenters. The van der Waals surface area contributed by atoms with Crippen LogP contribution in [0.25, 0.3) is 0 Å². The number of rotatable bonds is 4. The van der Waals surface area contributed by atoms with E-state index in [9.17, 15) is 14.4 Å². The predicted octanol–water partition coefficient (Wildman–Crippen LogP) is -0.0373. The second kappa shape index (κ2) is 5.75. The zero-order chi connectivity index (χ0) is 12.9. The van der Waals surface area contributed by atoms with Gasteiger partial charge in [-0.1, -0.05) is 0 Å². The van der Waals surface area contributed by atoms with Crippen molar-refractivity contribution in [2.24, 2.45) is 0 Å². The Morgan fingerprint density at radius 3 is 1.69 bits per heavy atom. The van der Waals surface area contributed by atoms with Crippen LogP contribution in [0.2, 0.25) is 0 Å². The Morgan fingerprint density at radius 1 is 1.00 bits per heavy atom. The topological polar surface area (TPSA) is 139 Å². The average molecular weight is 236 g/mol. The first-order valence-electron chi connectivity index (χ1n) is 4.18. The maximum atomic E-state index is 10.5. The van der Waals surface area contributed by atoms with E-state index in [1.807, 2.05) is 0 Å². The van der Waals surface area contributed by atoms with Crippen LogP contribution in [0, 0.1) is 0 Å². The molecule has 9 heteroatoms. The summed E-state index contributed by atoms with van der Waals surface area (Å²) in [6.07, 6.45) is -6.22. The van der Waals surface area contributed by atoms with Crippen LogP contribution in [0.1, 0.15) is 6.92 Å². The van der Waals surface area contributed by atoms with Crippen molar-refractivity contribution in [3.05, 3.63) is 0 Å². The van der Waals surface area contributed by atoms with Crippen LogP contribution < -0.4 is 0 Å². The van der Waals surface area contributed by atoms with Gasteiger partial charge in [-0.15, -0.1) is 0 Å². The van der Waals surface area contributed by atoms with Gasteiger partial charge in [-0.25, -0.2) is 19.3 Å². The number of amides is 3. The Balaban J connectivity index is 4.44. The highest BCUT2D eigenvalue weighted by Gasteiger charge is 2.23. The number of carboxylic acid groups (broad SMARTS) is 3. The first-order valence-corrected chi connectivity index (χ1v) is 4.18. The summed E-state index contributed by atoms with van der Waals surface area (Å²) >= 11 is 0. The molecule has 0 aromatic rings. The molecule has 0 bridgehead atoms. The number of carbonyl (C=O) groups is 3. The highest BCUT2D eigenvalue weighted by Crippen LogP contribution is 1.99. The monoisotopic (exact) mass is 236 g/mol. The van der Waals surface area contributed by atoms with E-state index in [1.165, 1.54) is 6.92 Å². The van der Waals surface area contributed by atoms with E-state index in [0.717, 1.165) is 0 Å². The second-order valence-electron chi connectivity index (χ2n) is 2.82. The van der Waals surface area contributed by atoms with Crippen molar-refractivity contribution in [3.8, 4) is 0 Å². The molecule has 0 heterocycles. The molecule has 0 saturated carbocycles. The molecule has 0 fully saturated rings. The van der Waals surface area contributed by atoms with Gasteiger partial charge in [-0.05, 0) is 6.92 Å².